The topological polar surface area (TPSA) is 23.4 Å². The van der Waals surface area contributed by atoms with Gasteiger partial charge in [-0.1, -0.05) is 0 Å². The fourth-order valence-electron chi connectivity index (χ4n) is 1.69. The summed E-state index contributed by atoms with van der Waals surface area (Å²) in [7, 11) is 5.27. The van der Waals surface area contributed by atoms with Crippen LogP contribution in [0.4, 0.5) is 0 Å². The molecule has 83 valence electrons. The second-order valence-corrected chi connectivity index (χ2v) is 3.47. The Morgan fingerprint density at radius 2 is 1.94 bits per heavy atom. The molecule has 0 aliphatic heterocycles. The van der Waals surface area contributed by atoms with Crippen molar-refractivity contribution in [1.29, 1.82) is 0 Å². The molecule has 3 heteroatoms. The number of aromatic nitrogens is 1. The molecule has 0 bridgehead atoms. The summed E-state index contributed by atoms with van der Waals surface area (Å²) >= 11 is 0. The molecule has 0 unspecified atom stereocenters. The minimum Gasteiger partial charge on any atom is -0.497 e. The molecule has 16 heavy (non-hydrogen) atoms. The van der Waals surface area contributed by atoms with Crippen molar-refractivity contribution in [2.24, 2.45) is 7.05 Å². The molecule has 0 fully saturated rings. The van der Waals surface area contributed by atoms with E-state index in [4.69, 9.17) is 9.47 Å². The van der Waals surface area contributed by atoms with E-state index in [9.17, 15) is 0 Å². The van der Waals surface area contributed by atoms with E-state index in [1.807, 2.05) is 41.9 Å². The summed E-state index contributed by atoms with van der Waals surface area (Å²) in [5, 5.41) is 0. The maximum Gasteiger partial charge on any atom is 0.128 e. The first-order valence-electron chi connectivity index (χ1n) is 5.02. The molecule has 0 atom stereocenters. The highest BCUT2D eigenvalue weighted by molar-refractivity contribution is 5.69. The quantitative estimate of drug-likeness (QED) is 0.787. The molecular formula is C13H14NO2. The zero-order valence-corrected chi connectivity index (χ0v) is 9.65. The van der Waals surface area contributed by atoms with Crippen LogP contribution in [0.3, 0.4) is 0 Å². The van der Waals surface area contributed by atoms with Crippen LogP contribution in [0, 0.1) is 6.20 Å². The third kappa shape index (κ3) is 1.76. The molecule has 1 aromatic heterocycles. The van der Waals surface area contributed by atoms with Gasteiger partial charge in [-0.05, 0) is 30.3 Å². The molecule has 0 saturated carbocycles. The van der Waals surface area contributed by atoms with Crippen molar-refractivity contribution in [3.05, 3.63) is 36.5 Å². The Labute approximate surface area is 95.2 Å². The predicted molar refractivity (Wildman–Crippen MR) is 62.8 cm³/mol. The van der Waals surface area contributed by atoms with Crippen LogP contribution >= 0.6 is 0 Å². The minimum atomic E-state index is 0.817. The fourth-order valence-corrected chi connectivity index (χ4v) is 1.69. The number of rotatable bonds is 3. The first-order chi connectivity index (χ1) is 7.76. The Kier molecular flexibility index (Phi) is 2.86. The molecule has 1 heterocycles. The van der Waals surface area contributed by atoms with Gasteiger partial charge in [0, 0.05) is 12.6 Å². The van der Waals surface area contributed by atoms with Gasteiger partial charge in [0.05, 0.1) is 26.1 Å². The first kappa shape index (κ1) is 10.6. The van der Waals surface area contributed by atoms with E-state index in [2.05, 4.69) is 6.20 Å². The van der Waals surface area contributed by atoms with Crippen molar-refractivity contribution >= 4 is 0 Å². The lowest BCUT2D eigenvalue weighted by atomic mass is 10.1. The van der Waals surface area contributed by atoms with Crippen molar-refractivity contribution in [2.45, 2.75) is 0 Å². The molecule has 1 aromatic carbocycles. The van der Waals surface area contributed by atoms with Gasteiger partial charge in [-0.3, -0.25) is 0 Å². The van der Waals surface area contributed by atoms with E-state index in [0.717, 1.165) is 22.8 Å². The molecule has 0 saturated heterocycles. The number of nitrogens with zero attached hydrogens (tertiary/aromatic N) is 1. The van der Waals surface area contributed by atoms with Gasteiger partial charge >= 0.3 is 0 Å². The highest BCUT2D eigenvalue weighted by atomic mass is 16.5. The Morgan fingerprint density at radius 1 is 1.12 bits per heavy atom. The molecule has 0 aliphatic rings. The number of benzene rings is 1. The van der Waals surface area contributed by atoms with E-state index < -0.39 is 0 Å². The largest absolute Gasteiger partial charge is 0.497 e. The maximum absolute atomic E-state index is 5.34. The Hall–Kier alpha value is -1.90. The lowest BCUT2D eigenvalue weighted by Gasteiger charge is -2.11. The average Bonchev–Trinajstić information content (AvgIpc) is 2.74. The van der Waals surface area contributed by atoms with E-state index in [1.165, 1.54) is 0 Å². The van der Waals surface area contributed by atoms with E-state index in [-0.39, 0.29) is 0 Å². The molecule has 0 aliphatic carbocycles. The van der Waals surface area contributed by atoms with E-state index in [0.29, 0.717) is 0 Å². The van der Waals surface area contributed by atoms with Gasteiger partial charge in [-0.2, -0.15) is 0 Å². The number of hydrogen-bond donors (Lipinski definition) is 0. The van der Waals surface area contributed by atoms with Gasteiger partial charge < -0.3 is 14.0 Å². The van der Waals surface area contributed by atoms with Crippen LogP contribution in [0.5, 0.6) is 11.5 Å². The molecule has 0 spiro atoms. The van der Waals surface area contributed by atoms with Crippen molar-refractivity contribution in [2.75, 3.05) is 14.2 Å². The van der Waals surface area contributed by atoms with Crippen molar-refractivity contribution in [3.63, 3.8) is 0 Å². The normalized spacial score (nSPS) is 10.2. The molecule has 2 aromatic rings. The van der Waals surface area contributed by atoms with Gasteiger partial charge in [-0.15, -0.1) is 0 Å². The highest BCUT2D eigenvalue weighted by Crippen LogP contribution is 2.33. The minimum absolute atomic E-state index is 0.817. The summed E-state index contributed by atoms with van der Waals surface area (Å²) < 4.78 is 12.5. The van der Waals surface area contributed by atoms with Crippen LogP contribution in [0.15, 0.2) is 30.3 Å². The van der Waals surface area contributed by atoms with Crippen LogP contribution in [-0.4, -0.2) is 18.8 Å². The highest BCUT2D eigenvalue weighted by Gasteiger charge is 2.09. The van der Waals surface area contributed by atoms with Gasteiger partial charge in [0.25, 0.3) is 0 Å². The summed E-state index contributed by atoms with van der Waals surface area (Å²) in [4.78, 5) is 0. The molecule has 3 nitrogen and oxygen atoms in total. The van der Waals surface area contributed by atoms with E-state index in [1.54, 1.807) is 14.2 Å². The maximum atomic E-state index is 5.34. The standard InChI is InChI=1S/C13H14NO2/c1-14-8-4-5-12(14)11-9-10(15-2)6-7-13(11)16-3/h4-7,9H,1-3H3. The molecular weight excluding hydrogens is 202 g/mol. The summed E-state index contributed by atoms with van der Waals surface area (Å²) in [5.41, 5.74) is 2.06. The monoisotopic (exact) mass is 216 g/mol. The van der Waals surface area contributed by atoms with Gasteiger partial charge in [0.1, 0.15) is 11.5 Å². The zero-order valence-electron chi connectivity index (χ0n) is 9.65. The van der Waals surface area contributed by atoms with Crippen molar-refractivity contribution in [3.8, 4) is 22.8 Å². The van der Waals surface area contributed by atoms with Crippen LogP contribution in [0.1, 0.15) is 0 Å². The first-order valence-corrected chi connectivity index (χ1v) is 5.02. The molecule has 1 radical (unpaired) electrons. The number of ether oxygens (including phenoxy) is 2. The number of methoxy groups -OCH3 is 2. The molecule has 0 N–H and O–H groups in total. The number of aryl methyl sites for hydroxylation is 1. The predicted octanol–water partition coefficient (Wildman–Crippen LogP) is 2.51. The Balaban J connectivity index is 2.57. The van der Waals surface area contributed by atoms with Crippen LogP contribution in [0.2, 0.25) is 0 Å². The second-order valence-electron chi connectivity index (χ2n) is 3.47. The molecule has 2 rings (SSSR count). The van der Waals surface area contributed by atoms with Crippen LogP contribution < -0.4 is 9.47 Å². The summed E-state index contributed by atoms with van der Waals surface area (Å²) in [6, 6.07) is 9.63. The van der Waals surface area contributed by atoms with Crippen molar-refractivity contribution in [1.82, 2.24) is 4.57 Å². The summed E-state index contributed by atoms with van der Waals surface area (Å²) in [5.74, 6) is 1.65. The van der Waals surface area contributed by atoms with Crippen molar-refractivity contribution < 1.29 is 9.47 Å². The Morgan fingerprint density at radius 3 is 2.50 bits per heavy atom. The summed E-state index contributed by atoms with van der Waals surface area (Å²) in [6.07, 6.45) is 3.08. The SMILES string of the molecule is COc1ccc(OC)c(-c2cc[c]n2C)c1. The van der Waals surface area contributed by atoms with Gasteiger partial charge in [0.15, 0.2) is 0 Å². The average molecular weight is 216 g/mol. The lowest BCUT2D eigenvalue weighted by molar-refractivity contribution is 0.404. The van der Waals surface area contributed by atoms with Gasteiger partial charge in [-0.25, -0.2) is 0 Å². The number of hydrogen-bond acceptors (Lipinski definition) is 2. The van der Waals surface area contributed by atoms with Crippen LogP contribution in [0.25, 0.3) is 11.3 Å². The van der Waals surface area contributed by atoms with E-state index >= 15 is 0 Å². The third-order valence-electron chi connectivity index (χ3n) is 2.55. The smallest absolute Gasteiger partial charge is 0.128 e. The molecule has 0 amide bonds. The fraction of sp³-hybridized carbons (Fsp3) is 0.231. The zero-order chi connectivity index (χ0) is 11.5. The van der Waals surface area contributed by atoms with Crippen LogP contribution in [-0.2, 0) is 7.05 Å². The second kappa shape index (κ2) is 4.31. The third-order valence-corrected chi connectivity index (χ3v) is 2.55. The lowest BCUT2D eigenvalue weighted by Crippen LogP contribution is -1.94. The summed E-state index contributed by atoms with van der Waals surface area (Å²) in [6.45, 7) is 0. The van der Waals surface area contributed by atoms with Gasteiger partial charge in [0.2, 0.25) is 0 Å². The Bertz CT molecular complexity index is 488.